The van der Waals surface area contributed by atoms with Crippen LogP contribution in [0.3, 0.4) is 0 Å². The van der Waals surface area contributed by atoms with E-state index in [0.29, 0.717) is 11.6 Å². The van der Waals surface area contributed by atoms with Crippen molar-refractivity contribution in [3.05, 3.63) is 17.8 Å². The lowest BCUT2D eigenvalue weighted by Gasteiger charge is -2.07. The number of pyridine rings is 1. The second-order valence-electron chi connectivity index (χ2n) is 3.64. The molecule has 1 aromatic heterocycles. The topological polar surface area (TPSA) is 48.1 Å². The number of hydrogen-bond acceptors (Lipinski definition) is 3. The molecule has 3 nitrogen and oxygen atoms in total. The Morgan fingerprint density at radius 1 is 1.47 bits per heavy atom. The maximum atomic E-state index is 11.9. The van der Waals surface area contributed by atoms with Gasteiger partial charge in [0.05, 0.1) is 0 Å². The SMILES string of the molecule is Nc1cc(OCC(F)F)nc(C2CC2)c1. The summed E-state index contributed by atoms with van der Waals surface area (Å²) < 4.78 is 28.6. The van der Waals surface area contributed by atoms with Gasteiger partial charge in [-0.25, -0.2) is 13.8 Å². The minimum atomic E-state index is -2.49. The molecular weight excluding hydrogens is 202 g/mol. The molecule has 0 aliphatic heterocycles. The number of nitrogens with zero attached hydrogens (tertiary/aromatic N) is 1. The standard InChI is InChI=1S/C10H12F2N2O/c11-9(12)5-15-10-4-7(13)3-8(14-10)6-1-2-6/h3-4,6,9H,1-2,5H2,(H2,13,14). The van der Waals surface area contributed by atoms with Crippen LogP contribution in [-0.4, -0.2) is 18.0 Å². The Morgan fingerprint density at radius 2 is 2.20 bits per heavy atom. The van der Waals surface area contributed by atoms with Crippen LogP contribution in [-0.2, 0) is 0 Å². The maximum Gasteiger partial charge on any atom is 0.272 e. The van der Waals surface area contributed by atoms with Gasteiger partial charge in [-0.05, 0) is 18.9 Å². The molecule has 0 saturated heterocycles. The van der Waals surface area contributed by atoms with E-state index < -0.39 is 13.0 Å². The minimum absolute atomic E-state index is 0.192. The van der Waals surface area contributed by atoms with E-state index in [1.807, 2.05) is 0 Å². The van der Waals surface area contributed by atoms with Gasteiger partial charge in [0.15, 0.2) is 6.61 Å². The Labute approximate surface area is 86.3 Å². The second-order valence-corrected chi connectivity index (χ2v) is 3.64. The van der Waals surface area contributed by atoms with Gasteiger partial charge in [-0.2, -0.15) is 0 Å². The predicted octanol–water partition coefficient (Wildman–Crippen LogP) is 2.19. The van der Waals surface area contributed by atoms with Gasteiger partial charge in [-0.1, -0.05) is 0 Å². The zero-order valence-electron chi connectivity index (χ0n) is 8.12. The molecule has 2 N–H and O–H groups in total. The minimum Gasteiger partial charge on any atom is -0.472 e. The van der Waals surface area contributed by atoms with E-state index in [1.165, 1.54) is 6.07 Å². The molecule has 5 heteroatoms. The molecule has 0 amide bonds. The van der Waals surface area contributed by atoms with Crippen molar-refractivity contribution in [1.82, 2.24) is 4.98 Å². The lowest BCUT2D eigenvalue weighted by molar-refractivity contribution is 0.0795. The molecule has 1 saturated carbocycles. The summed E-state index contributed by atoms with van der Waals surface area (Å²) in [5, 5.41) is 0. The fraction of sp³-hybridized carbons (Fsp3) is 0.500. The molecule has 2 rings (SSSR count). The van der Waals surface area contributed by atoms with E-state index in [4.69, 9.17) is 10.5 Å². The van der Waals surface area contributed by atoms with Crippen molar-refractivity contribution in [1.29, 1.82) is 0 Å². The molecule has 1 aromatic rings. The molecule has 0 aromatic carbocycles. The molecule has 0 bridgehead atoms. The largest absolute Gasteiger partial charge is 0.472 e. The van der Waals surface area contributed by atoms with Crippen LogP contribution < -0.4 is 10.5 Å². The smallest absolute Gasteiger partial charge is 0.272 e. The molecule has 0 atom stereocenters. The van der Waals surface area contributed by atoms with Gasteiger partial charge < -0.3 is 10.5 Å². The second kappa shape index (κ2) is 4.00. The van der Waals surface area contributed by atoms with Crippen molar-refractivity contribution < 1.29 is 13.5 Å². The van der Waals surface area contributed by atoms with Crippen molar-refractivity contribution in [2.24, 2.45) is 0 Å². The van der Waals surface area contributed by atoms with Crippen molar-refractivity contribution in [3.63, 3.8) is 0 Å². The predicted molar refractivity (Wildman–Crippen MR) is 52.1 cm³/mol. The lowest BCUT2D eigenvalue weighted by atomic mass is 10.2. The Balaban J connectivity index is 2.09. The summed E-state index contributed by atoms with van der Waals surface area (Å²) in [7, 11) is 0. The molecule has 0 spiro atoms. The zero-order chi connectivity index (χ0) is 10.8. The van der Waals surface area contributed by atoms with Crippen LogP contribution in [0.1, 0.15) is 24.5 Å². The number of nitrogen functional groups attached to an aromatic ring is 1. The fourth-order valence-electron chi connectivity index (χ4n) is 1.36. The highest BCUT2D eigenvalue weighted by Gasteiger charge is 2.25. The molecule has 1 aliphatic carbocycles. The van der Waals surface area contributed by atoms with Crippen molar-refractivity contribution in [2.75, 3.05) is 12.3 Å². The molecule has 1 fully saturated rings. The Morgan fingerprint density at radius 3 is 2.80 bits per heavy atom. The summed E-state index contributed by atoms with van der Waals surface area (Å²) in [6, 6.07) is 3.24. The highest BCUT2D eigenvalue weighted by Crippen LogP contribution is 2.40. The van der Waals surface area contributed by atoms with Crippen LogP contribution >= 0.6 is 0 Å². The number of nitrogens with two attached hydrogens (primary N) is 1. The Hall–Kier alpha value is -1.39. The van der Waals surface area contributed by atoms with Gasteiger partial charge in [0.1, 0.15) is 0 Å². The van der Waals surface area contributed by atoms with Gasteiger partial charge in [0, 0.05) is 23.4 Å². The average Bonchev–Trinajstić information content (AvgIpc) is 2.97. The van der Waals surface area contributed by atoms with Gasteiger partial charge in [-0.3, -0.25) is 0 Å². The molecule has 1 heterocycles. The van der Waals surface area contributed by atoms with Crippen LogP contribution in [0.5, 0.6) is 5.88 Å². The molecule has 82 valence electrons. The molecule has 0 radical (unpaired) electrons. The third kappa shape index (κ3) is 2.78. The quantitative estimate of drug-likeness (QED) is 0.835. The number of halogens is 2. The van der Waals surface area contributed by atoms with E-state index in [-0.39, 0.29) is 5.88 Å². The van der Waals surface area contributed by atoms with Crippen LogP contribution in [0.2, 0.25) is 0 Å². The van der Waals surface area contributed by atoms with Gasteiger partial charge in [0.25, 0.3) is 6.43 Å². The van der Waals surface area contributed by atoms with Crippen LogP contribution in [0.15, 0.2) is 12.1 Å². The Kier molecular flexibility index (Phi) is 2.70. The highest BCUT2D eigenvalue weighted by atomic mass is 19.3. The molecule has 0 unspecified atom stereocenters. The Bertz CT molecular complexity index is 353. The van der Waals surface area contributed by atoms with Crippen molar-refractivity contribution in [2.45, 2.75) is 25.2 Å². The van der Waals surface area contributed by atoms with E-state index >= 15 is 0 Å². The van der Waals surface area contributed by atoms with Crippen molar-refractivity contribution >= 4 is 5.69 Å². The number of aromatic nitrogens is 1. The van der Waals surface area contributed by atoms with E-state index in [2.05, 4.69) is 4.98 Å². The lowest BCUT2D eigenvalue weighted by Crippen LogP contribution is -2.08. The summed E-state index contributed by atoms with van der Waals surface area (Å²) >= 11 is 0. The number of rotatable bonds is 4. The van der Waals surface area contributed by atoms with E-state index in [0.717, 1.165) is 18.5 Å². The number of ether oxygens (including phenoxy) is 1. The third-order valence-corrected chi connectivity index (χ3v) is 2.20. The van der Waals surface area contributed by atoms with E-state index in [1.54, 1.807) is 6.07 Å². The first-order valence-electron chi connectivity index (χ1n) is 4.83. The van der Waals surface area contributed by atoms with Crippen LogP contribution in [0, 0.1) is 0 Å². The highest BCUT2D eigenvalue weighted by molar-refractivity contribution is 5.44. The first-order valence-corrected chi connectivity index (χ1v) is 4.83. The van der Waals surface area contributed by atoms with Gasteiger partial charge in [-0.15, -0.1) is 0 Å². The van der Waals surface area contributed by atoms with E-state index in [9.17, 15) is 8.78 Å². The molecule has 15 heavy (non-hydrogen) atoms. The first kappa shape index (κ1) is 10.1. The van der Waals surface area contributed by atoms with Gasteiger partial charge in [0.2, 0.25) is 5.88 Å². The maximum absolute atomic E-state index is 11.9. The summed E-state index contributed by atoms with van der Waals surface area (Å²) in [5.41, 5.74) is 6.98. The number of anilines is 1. The molecule has 1 aliphatic rings. The molecular formula is C10H12F2N2O. The number of hydrogen-bond donors (Lipinski definition) is 1. The van der Waals surface area contributed by atoms with Crippen LogP contribution in [0.25, 0.3) is 0 Å². The first-order chi connectivity index (χ1) is 7.15. The van der Waals surface area contributed by atoms with Gasteiger partial charge >= 0.3 is 0 Å². The zero-order valence-corrected chi connectivity index (χ0v) is 8.12. The summed E-state index contributed by atoms with van der Waals surface area (Å²) in [6.07, 6.45) is -0.312. The summed E-state index contributed by atoms with van der Waals surface area (Å²) in [4.78, 5) is 4.13. The monoisotopic (exact) mass is 214 g/mol. The summed E-state index contributed by atoms with van der Waals surface area (Å²) in [6.45, 7) is -0.638. The number of alkyl halides is 2. The fourth-order valence-corrected chi connectivity index (χ4v) is 1.36. The van der Waals surface area contributed by atoms with Crippen LogP contribution in [0.4, 0.5) is 14.5 Å². The van der Waals surface area contributed by atoms with Crippen molar-refractivity contribution in [3.8, 4) is 5.88 Å². The normalized spacial score (nSPS) is 15.7. The third-order valence-electron chi connectivity index (χ3n) is 2.20. The average molecular weight is 214 g/mol. The summed E-state index contributed by atoms with van der Waals surface area (Å²) in [5.74, 6) is 0.625.